The molecule has 40 heavy (non-hydrogen) atoms. The van der Waals surface area contributed by atoms with Crippen LogP contribution in [0.2, 0.25) is 0 Å². The van der Waals surface area contributed by atoms with Crippen LogP contribution in [0.1, 0.15) is 33.5 Å². The number of carbonyl (C=O) groups is 2. The van der Waals surface area contributed by atoms with Crippen LogP contribution in [0.5, 0.6) is 5.75 Å². The third kappa shape index (κ3) is 6.98. The molecular formula is C33H33N3O3S. The Kier molecular flexibility index (Phi) is 9.76. The number of hydrogen-bond acceptors (Lipinski definition) is 5. The molecule has 0 aliphatic rings. The molecule has 7 heteroatoms. The van der Waals surface area contributed by atoms with Gasteiger partial charge in [0.05, 0.1) is 0 Å². The van der Waals surface area contributed by atoms with Crippen LogP contribution in [-0.4, -0.2) is 46.5 Å². The van der Waals surface area contributed by atoms with Crippen LogP contribution in [0.4, 0.5) is 0 Å². The van der Waals surface area contributed by atoms with Gasteiger partial charge in [-0.25, -0.2) is 0 Å². The summed E-state index contributed by atoms with van der Waals surface area (Å²) >= 11 is 1.62. The van der Waals surface area contributed by atoms with Gasteiger partial charge in [-0.2, -0.15) is 11.8 Å². The summed E-state index contributed by atoms with van der Waals surface area (Å²) in [6, 6.07) is 19.8. The van der Waals surface area contributed by atoms with E-state index in [4.69, 9.17) is 0 Å². The number of fused-ring (bicyclic) bond motifs is 1. The van der Waals surface area contributed by atoms with Crippen molar-refractivity contribution >= 4 is 46.6 Å². The Bertz CT molecular complexity index is 1550. The summed E-state index contributed by atoms with van der Waals surface area (Å²) in [4.78, 5) is 30.5. The SMILES string of the molecule is C=Cc1ccc(CCNC(=O)C(CCSC)NC(=O)c2cccc(-c3cc(O)c4ncccc4c3)c2)cc1C=C. The molecule has 204 valence electrons. The van der Waals surface area contributed by atoms with Gasteiger partial charge in [-0.1, -0.05) is 61.7 Å². The molecule has 0 fully saturated rings. The Balaban J connectivity index is 1.44. The number of hydrogen-bond donors (Lipinski definition) is 3. The summed E-state index contributed by atoms with van der Waals surface area (Å²) in [6.07, 6.45) is 8.36. The topological polar surface area (TPSA) is 91.3 Å². The van der Waals surface area contributed by atoms with E-state index in [9.17, 15) is 14.7 Å². The van der Waals surface area contributed by atoms with E-state index in [1.165, 1.54) is 0 Å². The van der Waals surface area contributed by atoms with Crippen molar-refractivity contribution in [1.29, 1.82) is 0 Å². The van der Waals surface area contributed by atoms with Crippen LogP contribution in [-0.2, 0) is 11.2 Å². The summed E-state index contributed by atoms with van der Waals surface area (Å²) in [5, 5.41) is 17.2. The predicted molar refractivity (Wildman–Crippen MR) is 166 cm³/mol. The maximum Gasteiger partial charge on any atom is 0.251 e. The van der Waals surface area contributed by atoms with Gasteiger partial charge in [-0.3, -0.25) is 14.6 Å². The van der Waals surface area contributed by atoms with Crippen molar-refractivity contribution in [3.63, 3.8) is 0 Å². The lowest BCUT2D eigenvalue weighted by Crippen LogP contribution is -2.47. The van der Waals surface area contributed by atoms with E-state index in [0.29, 0.717) is 30.5 Å². The molecule has 1 heterocycles. The molecule has 1 unspecified atom stereocenters. The Labute approximate surface area is 239 Å². The summed E-state index contributed by atoms with van der Waals surface area (Å²) in [7, 11) is 0. The molecule has 0 radical (unpaired) electrons. The van der Waals surface area contributed by atoms with Crippen molar-refractivity contribution in [2.45, 2.75) is 18.9 Å². The number of amides is 2. The van der Waals surface area contributed by atoms with Crippen molar-refractivity contribution in [2.75, 3.05) is 18.6 Å². The molecule has 4 aromatic rings. The first kappa shape index (κ1) is 28.6. The van der Waals surface area contributed by atoms with Crippen molar-refractivity contribution in [1.82, 2.24) is 15.6 Å². The molecule has 0 saturated heterocycles. The van der Waals surface area contributed by atoms with E-state index < -0.39 is 6.04 Å². The van der Waals surface area contributed by atoms with Gasteiger partial charge in [0.15, 0.2) is 0 Å². The predicted octanol–water partition coefficient (Wildman–Crippen LogP) is 6.10. The van der Waals surface area contributed by atoms with Crippen LogP contribution in [0, 0.1) is 0 Å². The second-order valence-electron chi connectivity index (χ2n) is 9.37. The largest absolute Gasteiger partial charge is 0.506 e. The number of aromatic hydroxyl groups is 1. The Morgan fingerprint density at radius 3 is 2.60 bits per heavy atom. The number of aromatic nitrogens is 1. The minimum Gasteiger partial charge on any atom is -0.506 e. The van der Waals surface area contributed by atoms with Crippen molar-refractivity contribution < 1.29 is 14.7 Å². The Morgan fingerprint density at radius 2 is 1.82 bits per heavy atom. The van der Waals surface area contributed by atoms with E-state index in [1.807, 2.05) is 48.7 Å². The molecule has 0 bridgehead atoms. The van der Waals surface area contributed by atoms with Crippen LogP contribution < -0.4 is 10.6 Å². The highest BCUT2D eigenvalue weighted by Gasteiger charge is 2.21. The van der Waals surface area contributed by atoms with Gasteiger partial charge in [0, 0.05) is 23.7 Å². The molecule has 6 nitrogen and oxygen atoms in total. The lowest BCUT2D eigenvalue weighted by molar-refractivity contribution is -0.122. The molecule has 1 atom stereocenters. The summed E-state index contributed by atoms with van der Waals surface area (Å²) in [5.74, 6) is 0.269. The van der Waals surface area contributed by atoms with Gasteiger partial charge in [-0.15, -0.1) is 0 Å². The number of phenolic OH excluding ortho intramolecular Hbond substituents is 1. The maximum atomic E-state index is 13.2. The zero-order chi connectivity index (χ0) is 28.5. The summed E-state index contributed by atoms with van der Waals surface area (Å²) in [6.45, 7) is 8.13. The number of thioether (sulfide) groups is 1. The number of carbonyl (C=O) groups excluding carboxylic acids is 2. The smallest absolute Gasteiger partial charge is 0.251 e. The number of benzene rings is 3. The maximum absolute atomic E-state index is 13.2. The number of nitrogens with zero attached hydrogens (tertiary/aromatic N) is 1. The third-order valence-electron chi connectivity index (χ3n) is 6.68. The lowest BCUT2D eigenvalue weighted by atomic mass is 10.00. The third-order valence-corrected chi connectivity index (χ3v) is 7.32. The average molecular weight is 552 g/mol. The molecule has 3 N–H and O–H groups in total. The van der Waals surface area contributed by atoms with Gasteiger partial charge in [0.1, 0.15) is 17.3 Å². The normalized spacial score (nSPS) is 11.5. The molecule has 0 aliphatic heterocycles. The lowest BCUT2D eigenvalue weighted by Gasteiger charge is -2.19. The van der Waals surface area contributed by atoms with Crippen LogP contribution in [0.15, 0.2) is 86.1 Å². The van der Waals surface area contributed by atoms with Crippen LogP contribution >= 0.6 is 11.8 Å². The van der Waals surface area contributed by atoms with Crippen LogP contribution in [0.3, 0.4) is 0 Å². The van der Waals surface area contributed by atoms with Crippen molar-refractivity contribution in [2.24, 2.45) is 0 Å². The number of rotatable bonds is 12. The average Bonchev–Trinajstić information content (AvgIpc) is 2.99. The van der Waals surface area contributed by atoms with E-state index in [2.05, 4.69) is 28.8 Å². The molecule has 3 aromatic carbocycles. The molecule has 4 rings (SSSR count). The van der Waals surface area contributed by atoms with E-state index in [0.717, 1.165) is 39.0 Å². The van der Waals surface area contributed by atoms with E-state index >= 15 is 0 Å². The molecule has 1 aromatic heterocycles. The second kappa shape index (κ2) is 13.6. The summed E-state index contributed by atoms with van der Waals surface area (Å²) < 4.78 is 0. The first-order chi connectivity index (χ1) is 19.4. The van der Waals surface area contributed by atoms with E-state index in [-0.39, 0.29) is 17.6 Å². The highest BCUT2D eigenvalue weighted by Crippen LogP contribution is 2.30. The minimum absolute atomic E-state index is 0.0779. The Hall–Kier alpha value is -4.36. The van der Waals surface area contributed by atoms with Gasteiger partial charge in [-0.05, 0) is 83.0 Å². The fourth-order valence-corrected chi connectivity index (χ4v) is 4.99. The van der Waals surface area contributed by atoms with Gasteiger partial charge >= 0.3 is 0 Å². The molecule has 0 aliphatic carbocycles. The molecule has 0 saturated carbocycles. The highest BCUT2D eigenvalue weighted by atomic mass is 32.2. The van der Waals surface area contributed by atoms with Gasteiger partial charge in [0.25, 0.3) is 5.91 Å². The summed E-state index contributed by atoms with van der Waals surface area (Å²) in [5.41, 5.74) is 5.60. The zero-order valence-corrected chi connectivity index (χ0v) is 23.3. The molecular weight excluding hydrogens is 518 g/mol. The number of phenols is 1. The standard InChI is InChI=1S/C33H33N3O3S/c1-4-23-12-11-22(18-24(23)5-2)13-16-35-33(39)29(14-17-40-3)36-32(38)27-9-6-8-25(19-27)28-20-26-10-7-15-34-31(26)30(37)21-28/h4-12,15,18-21,29,37H,1-2,13-14,16-17H2,3H3,(H,35,39)(H,36,38). The second-order valence-corrected chi connectivity index (χ2v) is 10.4. The quantitative estimate of drug-likeness (QED) is 0.198. The number of nitrogens with one attached hydrogen (secondary N) is 2. The van der Waals surface area contributed by atoms with E-state index in [1.54, 1.807) is 54.4 Å². The highest BCUT2D eigenvalue weighted by molar-refractivity contribution is 7.98. The zero-order valence-electron chi connectivity index (χ0n) is 22.5. The van der Waals surface area contributed by atoms with Gasteiger partial charge < -0.3 is 15.7 Å². The van der Waals surface area contributed by atoms with Crippen molar-refractivity contribution in [3.05, 3.63) is 108 Å². The van der Waals surface area contributed by atoms with Crippen molar-refractivity contribution in [3.8, 4) is 16.9 Å². The molecule has 0 spiro atoms. The minimum atomic E-state index is -0.661. The van der Waals surface area contributed by atoms with Crippen LogP contribution in [0.25, 0.3) is 34.2 Å². The molecule has 2 amide bonds. The number of pyridine rings is 1. The van der Waals surface area contributed by atoms with Gasteiger partial charge in [0.2, 0.25) is 5.91 Å². The fourth-order valence-electron chi connectivity index (χ4n) is 4.52. The first-order valence-electron chi connectivity index (χ1n) is 13.1. The Morgan fingerprint density at radius 1 is 1.00 bits per heavy atom. The first-order valence-corrected chi connectivity index (χ1v) is 14.5. The monoisotopic (exact) mass is 551 g/mol. The fraction of sp³-hybridized carbons (Fsp3) is 0.182.